The van der Waals surface area contributed by atoms with Crippen LogP contribution in [0.4, 0.5) is 0 Å². The van der Waals surface area contributed by atoms with Gasteiger partial charge in [0.2, 0.25) is 0 Å². The molecule has 0 spiro atoms. The molecule has 34 heavy (non-hydrogen) atoms. The Morgan fingerprint density at radius 1 is 1.06 bits per heavy atom. The van der Waals surface area contributed by atoms with Crippen LogP contribution in [-0.2, 0) is 9.53 Å². The van der Waals surface area contributed by atoms with Crippen LogP contribution in [0.1, 0.15) is 24.1 Å². The first-order valence-corrected chi connectivity index (χ1v) is 11.6. The lowest BCUT2D eigenvalue weighted by atomic mass is 9.95. The summed E-state index contributed by atoms with van der Waals surface area (Å²) in [7, 11) is 4.35. The predicted octanol–water partition coefficient (Wildman–Crippen LogP) is 3.73. The van der Waals surface area contributed by atoms with E-state index in [-0.39, 0.29) is 11.1 Å². The van der Waals surface area contributed by atoms with Crippen molar-refractivity contribution >= 4 is 46.6 Å². The van der Waals surface area contributed by atoms with Crippen molar-refractivity contribution in [3.63, 3.8) is 0 Å². The third-order valence-electron chi connectivity index (χ3n) is 5.39. The SMILES string of the molecule is COC(=O)C1=C(C)N=c2s/c(=C\c3ccc(Cl)c(Cl)c3)c(=O)n2[C@H]1c1ccc(OC)c(OC)c1. The summed E-state index contributed by atoms with van der Waals surface area (Å²) < 4.78 is 17.7. The van der Waals surface area contributed by atoms with Gasteiger partial charge >= 0.3 is 5.97 Å². The fourth-order valence-corrected chi connectivity index (χ4v) is 5.14. The molecular weight excluding hydrogens is 499 g/mol. The van der Waals surface area contributed by atoms with Gasteiger partial charge in [-0.3, -0.25) is 9.36 Å². The van der Waals surface area contributed by atoms with Crippen molar-refractivity contribution in [2.75, 3.05) is 21.3 Å². The van der Waals surface area contributed by atoms with Gasteiger partial charge in [-0.15, -0.1) is 0 Å². The number of fused-ring (bicyclic) bond motifs is 1. The first kappa shape index (κ1) is 24.1. The van der Waals surface area contributed by atoms with Crippen LogP contribution < -0.4 is 24.4 Å². The summed E-state index contributed by atoms with van der Waals surface area (Å²) >= 11 is 13.4. The van der Waals surface area contributed by atoms with Gasteiger partial charge in [0.05, 0.1) is 53.2 Å². The number of carbonyl (C=O) groups is 1. The number of aromatic nitrogens is 1. The van der Waals surface area contributed by atoms with E-state index >= 15 is 0 Å². The maximum Gasteiger partial charge on any atom is 0.338 e. The summed E-state index contributed by atoms with van der Waals surface area (Å²) in [6, 6.07) is 9.59. The summed E-state index contributed by atoms with van der Waals surface area (Å²) in [5.41, 5.74) is 1.79. The fraction of sp³-hybridized carbons (Fsp3) is 0.208. The highest BCUT2D eigenvalue weighted by molar-refractivity contribution is 7.07. The minimum atomic E-state index is -0.764. The van der Waals surface area contributed by atoms with Crippen LogP contribution in [0.25, 0.3) is 6.08 Å². The second-order valence-corrected chi connectivity index (χ2v) is 9.18. The molecule has 1 aromatic heterocycles. The van der Waals surface area contributed by atoms with E-state index < -0.39 is 12.0 Å². The number of ether oxygens (including phenoxy) is 3. The number of carbonyl (C=O) groups excluding carboxylic acids is 1. The number of allylic oxidation sites excluding steroid dienone is 1. The van der Waals surface area contributed by atoms with Crippen molar-refractivity contribution in [2.24, 2.45) is 4.99 Å². The molecule has 0 radical (unpaired) electrons. The molecule has 0 saturated carbocycles. The van der Waals surface area contributed by atoms with Crippen LogP contribution in [0.2, 0.25) is 10.0 Å². The van der Waals surface area contributed by atoms with Crippen LogP contribution >= 0.6 is 34.5 Å². The number of hydrogen-bond donors (Lipinski definition) is 0. The van der Waals surface area contributed by atoms with Gasteiger partial charge in [-0.25, -0.2) is 9.79 Å². The number of methoxy groups -OCH3 is 3. The standard InChI is InChI=1S/C24H20Cl2N2O5S/c1-12-20(23(30)33-4)21(14-6-8-17(31-2)18(11-14)32-3)28-22(29)19(34-24(28)27-12)10-13-5-7-15(25)16(26)9-13/h5-11,21H,1-4H3/b19-10-/t21-/m0/s1. The van der Waals surface area contributed by atoms with E-state index in [1.165, 1.54) is 37.2 Å². The molecule has 1 atom stereocenters. The van der Waals surface area contributed by atoms with Gasteiger partial charge in [-0.2, -0.15) is 0 Å². The molecule has 7 nitrogen and oxygen atoms in total. The molecule has 0 aliphatic carbocycles. The van der Waals surface area contributed by atoms with Crippen LogP contribution in [0, 0.1) is 0 Å². The maximum absolute atomic E-state index is 13.6. The van der Waals surface area contributed by atoms with Gasteiger partial charge in [0, 0.05) is 0 Å². The number of halogens is 2. The number of esters is 1. The monoisotopic (exact) mass is 518 g/mol. The second kappa shape index (κ2) is 9.66. The van der Waals surface area contributed by atoms with E-state index in [0.717, 1.165) is 0 Å². The van der Waals surface area contributed by atoms with E-state index in [2.05, 4.69) is 4.99 Å². The molecule has 0 N–H and O–H groups in total. The van der Waals surface area contributed by atoms with Crippen molar-refractivity contribution in [3.05, 3.63) is 88.5 Å². The van der Waals surface area contributed by atoms with E-state index in [0.29, 0.717) is 47.7 Å². The zero-order valence-electron chi connectivity index (χ0n) is 18.7. The quantitative estimate of drug-likeness (QED) is 0.480. The number of thiazole rings is 1. The normalized spacial score (nSPS) is 15.6. The van der Waals surface area contributed by atoms with E-state index in [1.54, 1.807) is 49.4 Å². The highest BCUT2D eigenvalue weighted by atomic mass is 35.5. The van der Waals surface area contributed by atoms with Crippen molar-refractivity contribution in [2.45, 2.75) is 13.0 Å². The first-order valence-electron chi connectivity index (χ1n) is 10.1. The third-order valence-corrected chi connectivity index (χ3v) is 7.11. The molecule has 1 aliphatic heterocycles. The molecule has 176 valence electrons. The van der Waals surface area contributed by atoms with Crippen LogP contribution in [0.15, 0.2) is 57.5 Å². The maximum atomic E-state index is 13.6. The smallest absolute Gasteiger partial charge is 0.338 e. The summed E-state index contributed by atoms with van der Waals surface area (Å²) in [4.78, 5) is 31.4. The minimum absolute atomic E-state index is 0.267. The molecule has 4 rings (SSSR count). The summed E-state index contributed by atoms with van der Waals surface area (Å²) in [6.45, 7) is 1.72. The summed E-state index contributed by atoms with van der Waals surface area (Å²) in [5, 5.41) is 0.808. The highest BCUT2D eigenvalue weighted by Crippen LogP contribution is 2.36. The van der Waals surface area contributed by atoms with Gasteiger partial charge in [-0.1, -0.05) is 46.7 Å². The Hall–Kier alpha value is -3.07. The van der Waals surface area contributed by atoms with E-state index in [1.807, 2.05) is 0 Å². The molecule has 1 aliphatic rings. The van der Waals surface area contributed by atoms with Crippen molar-refractivity contribution in [1.82, 2.24) is 4.57 Å². The number of hydrogen-bond acceptors (Lipinski definition) is 7. The summed E-state index contributed by atoms with van der Waals surface area (Å²) in [5.74, 6) is 0.426. The average Bonchev–Trinajstić information content (AvgIpc) is 3.13. The number of nitrogens with zero attached hydrogens (tertiary/aromatic N) is 2. The number of rotatable bonds is 5. The molecule has 3 aromatic rings. The molecule has 2 heterocycles. The zero-order chi connectivity index (χ0) is 24.6. The van der Waals surface area contributed by atoms with Gasteiger partial charge in [0.25, 0.3) is 5.56 Å². The first-order chi connectivity index (χ1) is 16.3. The van der Waals surface area contributed by atoms with Crippen LogP contribution in [0.3, 0.4) is 0 Å². The zero-order valence-corrected chi connectivity index (χ0v) is 21.0. The largest absolute Gasteiger partial charge is 0.493 e. The third kappa shape index (κ3) is 4.24. The molecule has 0 bridgehead atoms. The Bertz CT molecular complexity index is 1510. The fourth-order valence-electron chi connectivity index (χ4n) is 3.78. The minimum Gasteiger partial charge on any atom is -0.493 e. The molecular formula is C24H20Cl2N2O5S. The Balaban J connectivity index is 1.98. The van der Waals surface area contributed by atoms with E-state index in [4.69, 9.17) is 37.4 Å². The van der Waals surface area contributed by atoms with Gasteiger partial charge in [-0.05, 0) is 48.4 Å². The van der Waals surface area contributed by atoms with Crippen LogP contribution in [-0.4, -0.2) is 31.9 Å². The lowest BCUT2D eigenvalue weighted by Gasteiger charge is -2.25. The molecule has 2 aromatic carbocycles. The molecule has 0 fully saturated rings. The van der Waals surface area contributed by atoms with Crippen LogP contribution in [0.5, 0.6) is 11.5 Å². The summed E-state index contributed by atoms with van der Waals surface area (Å²) in [6.07, 6.45) is 1.72. The van der Waals surface area contributed by atoms with Crippen molar-refractivity contribution < 1.29 is 19.0 Å². The Labute approximate surface area is 209 Å². The van der Waals surface area contributed by atoms with E-state index in [9.17, 15) is 9.59 Å². The molecule has 10 heteroatoms. The predicted molar refractivity (Wildman–Crippen MR) is 132 cm³/mol. The Morgan fingerprint density at radius 3 is 2.44 bits per heavy atom. The van der Waals surface area contributed by atoms with Crippen molar-refractivity contribution in [1.29, 1.82) is 0 Å². The molecule has 0 saturated heterocycles. The second-order valence-electron chi connectivity index (χ2n) is 7.36. The Kier molecular flexibility index (Phi) is 6.84. The van der Waals surface area contributed by atoms with Gasteiger partial charge in [0.15, 0.2) is 16.3 Å². The lowest BCUT2D eigenvalue weighted by Crippen LogP contribution is -2.39. The topological polar surface area (TPSA) is 79.1 Å². The molecule has 0 amide bonds. The highest BCUT2D eigenvalue weighted by Gasteiger charge is 2.33. The van der Waals surface area contributed by atoms with Crippen molar-refractivity contribution in [3.8, 4) is 11.5 Å². The van der Waals surface area contributed by atoms with Gasteiger partial charge < -0.3 is 14.2 Å². The molecule has 0 unspecified atom stereocenters. The average molecular weight is 519 g/mol. The Morgan fingerprint density at radius 2 is 1.79 bits per heavy atom. The number of benzene rings is 2. The lowest BCUT2D eigenvalue weighted by molar-refractivity contribution is -0.136. The van der Waals surface area contributed by atoms with Gasteiger partial charge in [0.1, 0.15) is 0 Å².